The van der Waals surface area contributed by atoms with Gasteiger partial charge in [0.05, 0.1) is 0 Å². The van der Waals surface area contributed by atoms with Gasteiger partial charge < -0.3 is 10.1 Å². The third kappa shape index (κ3) is 7.33. The van der Waals surface area contributed by atoms with Crippen LogP contribution in [0.1, 0.15) is 89.9 Å². The fourth-order valence-corrected chi connectivity index (χ4v) is 3.53. The molecule has 0 aromatic carbocycles. The van der Waals surface area contributed by atoms with Crippen molar-refractivity contribution < 1.29 is 9.53 Å². The zero-order valence-corrected chi connectivity index (χ0v) is 14.0. The number of hydrogen-bond acceptors (Lipinski definition) is 2. The second kappa shape index (κ2) is 10.7. The van der Waals surface area contributed by atoms with Crippen molar-refractivity contribution in [1.29, 1.82) is 0 Å². The second-order valence-corrected chi connectivity index (χ2v) is 6.91. The van der Waals surface area contributed by atoms with E-state index in [-0.39, 0.29) is 12.2 Å². The molecule has 3 nitrogen and oxygen atoms in total. The molecule has 0 aliphatic heterocycles. The fourth-order valence-electron chi connectivity index (χ4n) is 3.53. The molecule has 3 heteroatoms. The highest BCUT2D eigenvalue weighted by atomic mass is 16.6. The molecule has 0 aromatic rings. The zero-order valence-electron chi connectivity index (χ0n) is 14.0. The fraction of sp³-hybridized carbons (Fsp3) is 0.842. The summed E-state index contributed by atoms with van der Waals surface area (Å²) < 4.78 is 5.66. The first-order valence-corrected chi connectivity index (χ1v) is 9.47. The van der Waals surface area contributed by atoms with Crippen molar-refractivity contribution in [3.8, 4) is 0 Å². The van der Waals surface area contributed by atoms with Crippen molar-refractivity contribution in [2.45, 2.75) is 102 Å². The van der Waals surface area contributed by atoms with Crippen LogP contribution in [0.3, 0.4) is 0 Å². The minimum Gasteiger partial charge on any atom is -0.446 e. The van der Waals surface area contributed by atoms with E-state index >= 15 is 0 Å². The quantitative estimate of drug-likeness (QED) is 0.685. The van der Waals surface area contributed by atoms with Crippen LogP contribution in [-0.4, -0.2) is 18.2 Å². The van der Waals surface area contributed by atoms with Crippen LogP contribution >= 0.6 is 0 Å². The summed E-state index contributed by atoms with van der Waals surface area (Å²) >= 11 is 0. The van der Waals surface area contributed by atoms with E-state index in [0.717, 1.165) is 32.1 Å². The number of carbonyl (C=O) groups is 1. The summed E-state index contributed by atoms with van der Waals surface area (Å²) in [6.45, 7) is 0. The van der Waals surface area contributed by atoms with Crippen molar-refractivity contribution in [2.24, 2.45) is 0 Å². The molecule has 2 aliphatic rings. The lowest BCUT2D eigenvalue weighted by molar-refractivity contribution is 0.0879. The Bertz CT molecular complexity index is 330. The van der Waals surface area contributed by atoms with Crippen LogP contribution in [-0.2, 0) is 4.74 Å². The monoisotopic (exact) mass is 307 g/mol. The lowest BCUT2D eigenvalue weighted by Crippen LogP contribution is -2.37. The highest BCUT2D eigenvalue weighted by molar-refractivity contribution is 5.67. The zero-order chi connectivity index (χ0) is 15.5. The number of ether oxygens (including phenoxy) is 1. The van der Waals surface area contributed by atoms with E-state index in [9.17, 15) is 4.79 Å². The van der Waals surface area contributed by atoms with Crippen LogP contribution in [0, 0.1) is 0 Å². The first-order valence-electron chi connectivity index (χ1n) is 9.47. The van der Waals surface area contributed by atoms with E-state index < -0.39 is 0 Å². The molecule has 0 saturated heterocycles. The number of allylic oxidation sites excluding steroid dienone is 1. The van der Waals surface area contributed by atoms with E-state index in [2.05, 4.69) is 17.5 Å². The Morgan fingerprint density at radius 2 is 1.45 bits per heavy atom. The molecular formula is C19H33NO2. The van der Waals surface area contributed by atoms with E-state index in [1.165, 1.54) is 57.8 Å². The second-order valence-electron chi connectivity index (χ2n) is 6.91. The van der Waals surface area contributed by atoms with E-state index in [1.54, 1.807) is 0 Å². The normalized spacial score (nSPS) is 27.2. The van der Waals surface area contributed by atoms with E-state index in [0.29, 0.717) is 6.04 Å². The average Bonchev–Trinajstić information content (AvgIpc) is 2.48. The van der Waals surface area contributed by atoms with E-state index in [1.807, 2.05) is 0 Å². The Morgan fingerprint density at radius 1 is 0.818 bits per heavy atom. The van der Waals surface area contributed by atoms with Crippen LogP contribution < -0.4 is 5.32 Å². The van der Waals surface area contributed by atoms with Crippen LogP contribution in [0.25, 0.3) is 0 Å². The number of rotatable bonds is 2. The molecule has 0 aromatic heterocycles. The summed E-state index contributed by atoms with van der Waals surface area (Å²) in [5.74, 6) is 0. The molecule has 1 amide bonds. The molecular weight excluding hydrogens is 274 g/mol. The van der Waals surface area contributed by atoms with Crippen molar-refractivity contribution >= 4 is 6.09 Å². The van der Waals surface area contributed by atoms with Gasteiger partial charge in [-0.1, -0.05) is 57.1 Å². The Labute approximate surface area is 135 Å². The number of carbonyl (C=O) groups excluding carboxylic acids is 1. The summed E-state index contributed by atoms with van der Waals surface area (Å²) in [6, 6.07) is 0.315. The molecule has 22 heavy (non-hydrogen) atoms. The van der Waals surface area contributed by atoms with Crippen molar-refractivity contribution in [1.82, 2.24) is 5.32 Å². The van der Waals surface area contributed by atoms with Crippen LogP contribution in [0.4, 0.5) is 4.79 Å². The Morgan fingerprint density at radius 3 is 2.18 bits per heavy atom. The summed E-state index contributed by atoms with van der Waals surface area (Å²) in [7, 11) is 0. The van der Waals surface area contributed by atoms with Gasteiger partial charge in [0.25, 0.3) is 0 Å². The SMILES string of the molecule is O=C(NC1CCCCCCCCC1)O[C@H]1C/C=C/CCCC1. The van der Waals surface area contributed by atoms with Crippen molar-refractivity contribution in [2.75, 3.05) is 0 Å². The summed E-state index contributed by atoms with van der Waals surface area (Å²) in [6.07, 6.45) is 21.1. The standard InChI is InChI=1S/C19H33NO2/c21-19(22-18-15-11-7-4-8-12-16-18)20-17-13-9-5-2-1-3-6-10-14-17/h7,11,17-18H,1-6,8-10,12-16H2,(H,20,21)/b11-7+/t18-/m0/s1. The van der Waals surface area contributed by atoms with Gasteiger partial charge in [0.1, 0.15) is 6.10 Å². The van der Waals surface area contributed by atoms with Gasteiger partial charge in [-0.2, -0.15) is 0 Å². The largest absolute Gasteiger partial charge is 0.446 e. The molecule has 1 fully saturated rings. The molecule has 0 radical (unpaired) electrons. The predicted octanol–water partition coefficient (Wildman–Crippen LogP) is 5.49. The molecule has 0 spiro atoms. The third-order valence-electron chi connectivity index (χ3n) is 4.91. The van der Waals surface area contributed by atoms with Gasteiger partial charge in [0, 0.05) is 12.5 Å². The molecule has 0 heterocycles. The predicted molar refractivity (Wildman–Crippen MR) is 91.0 cm³/mol. The topological polar surface area (TPSA) is 38.3 Å². The molecule has 1 saturated carbocycles. The van der Waals surface area contributed by atoms with Gasteiger partial charge in [-0.05, 0) is 38.5 Å². The smallest absolute Gasteiger partial charge is 0.407 e. The highest BCUT2D eigenvalue weighted by Gasteiger charge is 2.18. The Hall–Kier alpha value is -0.990. The Balaban J connectivity index is 1.73. The molecule has 126 valence electrons. The molecule has 2 rings (SSSR count). The molecule has 1 N–H and O–H groups in total. The maximum atomic E-state index is 12.2. The van der Waals surface area contributed by atoms with Gasteiger partial charge in [-0.25, -0.2) is 4.79 Å². The first kappa shape index (κ1) is 17.4. The maximum absolute atomic E-state index is 12.2. The number of nitrogens with one attached hydrogen (secondary N) is 1. The minimum absolute atomic E-state index is 0.0658. The molecule has 1 atom stereocenters. The van der Waals surface area contributed by atoms with Gasteiger partial charge in [-0.3, -0.25) is 0 Å². The van der Waals surface area contributed by atoms with Crippen LogP contribution in [0.2, 0.25) is 0 Å². The van der Waals surface area contributed by atoms with Gasteiger partial charge in [0.2, 0.25) is 0 Å². The van der Waals surface area contributed by atoms with Crippen LogP contribution in [0.5, 0.6) is 0 Å². The van der Waals surface area contributed by atoms with Gasteiger partial charge >= 0.3 is 6.09 Å². The summed E-state index contributed by atoms with van der Waals surface area (Å²) in [4.78, 5) is 12.2. The van der Waals surface area contributed by atoms with E-state index in [4.69, 9.17) is 4.74 Å². The molecule has 0 unspecified atom stereocenters. The lowest BCUT2D eigenvalue weighted by atomic mass is 9.97. The third-order valence-corrected chi connectivity index (χ3v) is 4.91. The molecule has 0 bridgehead atoms. The summed E-state index contributed by atoms with van der Waals surface area (Å²) in [5.41, 5.74) is 0. The van der Waals surface area contributed by atoms with Gasteiger partial charge in [-0.15, -0.1) is 0 Å². The number of alkyl carbamates (subject to hydrolysis) is 1. The van der Waals surface area contributed by atoms with Crippen LogP contribution in [0.15, 0.2) is 12.2 Å². The first-order chi connectivity index (χ1) is 10.8. The summed E-state index contributed by atoms with van der Waals surface area (Å²) in [5, 5.41) is 3.13. The van der Waals surface area contributed by atoms with Gasteiger partial charge in [0.15, 0.2) is 0 Å². The average molecular weight is 307 g/mol. The maximum Gasteiger partial charge on any atom is 0.407 e. The Kier molecular flexibility index (Phi) is 8.44. The van der Waals surface area contributed by atoms with Crippen molar-refractivity contribution in [3.05, 3.63) is 12.2 Å². The number of amides is 1. The minimum atomic E-state index is -0.193. The lowest BCUT2D eigenvalue weighted by Gasteiger charge is -2.23. The highest BCUT2D eigenvalue weighted by Crippen LogP contribution is 2.18. The van der Waals surface area contributed by atoms with Crippen molar-refractivity contribution in [3.63, 3.8) is 0 Å². The molecule has 2 aliphatic carbocycles. The number of hydrogen-bond donors (Lipinski definition) is 1.